The Bertz CT molecular complexity index is 538. The normalized spacial score (nSPS) is 9.83. The van der Waals surface area contributed by atoms with E-state index in [1.165, 1.54) is 0 Å². The maximum atomic E-state index is 5.61. The van der Waals surface area contributed by atoms with Gasteiger partial charge in [-0.15, -0.1) is 0 Å². The largest absolute Gasteiger partial charge is 0.497 e. The summed E-state index contributed by atoms with van der Waals surface area (Å²) in [6.07, 6.45) is 1.58. The molecular formula is C13H12N2O2S. The van der Waals surface area contributed by atoms with Gasteiger partial charge in [0.1, 0.15) is 22.2 Å². The first kappa shape index (κ1) is 12.3. The number of thiocarbonyl (C=S) groups is 1. The second-order valence-electron chi connectivity index (χ2n) is 3.52. The van der Waals surface area contributed by atoms with Crippen LogP contribution in [-0.2, 0) is 0 Å². The van der Waals surface area contributed by atoms with E-state index in [1.54, 1.807) is 25.4 Å². The summed E-state index contributed by atoms with van der Waals surface area (Å²) in [5.41, 5.74) is 6.04. The molecule has 2 aromatic rings. The SMILES string of the molecule is COc1ccc(Oc2ccc(C(N)=S)nc2)cc1. The zero-order chi connectivity index (χ0) is 13.0. The molecular weight excluding hydrogens is 248 g/mol. The summed E-state index contributed by atoms with van der Waals surface area (Å²) in [5.74, 6) is 2.12. The average molecular weight is 260 g/mol. The highest BCUT2D eigenvalue weighted by Gasteiger charge is 2.01. The van der Waals surface area contributed by atoms with Crippen LogP contribution in [0.2, 0.25) is 0 Å². The summed E-state index contributed by atoms with van der Waals surface area (Å²) in [4.78, 5) is 4.36. The summed E-state index contributed by atoms with van der Waals surface area (Å²) in [5, 5.41) is 0. The van der Waals surface area contributed by atoms with Gasteiger partial charge in [-0.1, -0.05) is 12.2 Å². The highest BCUT2D eigenvalue weighted by molar-refractivity contribution is 7.80. The molecule has 0 spiro atoms. The lowest BCUT2D eigenvalue weighted by Crippen LogP contribution is -2.10. The molecule has 0 unspecified atom stereocenters. The Kier molecular flexibility index (Phi) is 3.74. The van der Waals surface area contributed by atoms with E-state index < -0.39 is 0 Å². The van der Waals surface area contributed by atoms with Crippen molar-refractivity contribution in [2.75, 3.05) is 7.11 Å². The van der Waals surface area contributed by atoms with Gasteiger partial charge in [0, 0.05) is 0 Å². The lowest BCUT2D eigenvalue weighted by Gasteiger charge is -2.06. The van der Waals surface area contributed by atoms with Crippen LogP contribution in [0.1, 0.15) is 5.69 Å². The average Bonchev–Trinajstić information content (AvgIpc) is 2.40. The molecule has 0 aliphatic rings. The standard InChI is InChI=1S/C13H12N2O2S/c1-16-9-2-4-10(5-3-9)17-11-6-7-12(13(14)18)15-8-11/h2-8H,1H3,(H2,14,18). The summed E-state index contributed by atoms with van der Waals surface area (Å²) < 4.78 is 10.7. The van der Waals surface area contributed by atoms with Gasteiger partial charge in [0.25, 0.3) is 0 Å². The third-order valence-corrected chi connectivity index (χ3v) is 2.49. The summed E-state index contributed by atoms with van der Waals surface area (Å²) in [7, 11) is 1.62. The van der Waals surface area contributed by atoms with Crippen LogP contribution in [0.4, 0.5) is 0 Å². The van der Waals surface area contributed by atoms with Gasteiger partial charge < -0.3 is 15.2 Å². The molecule has 2 rings (SSSR count). The van der Waals surface area contributed by atoms with Crippen LogP contribution in [0.25, 0.3) is 0 Å². The van der Waals surface area contributed by atoms with E-state index >= 15 is 0 Å². The molecule has 0 bridgehead atoms. The number of rotatable bonds is 4. The minimum absolute atomic E-state index is 0.269. The zero-order valence-corrected chi connectivity index (χ0v) is 10.6. The minimum Gasteiger partial charge on any atom is -0.497 e. The van der Waals surface area contributed by atoms with Gasteiger partial charge in [0.2, 0.25) is 0 Å². The number of nitrogens with two attached hydrogens (primary N) is 1. The van der Waals surface area contributed by atoms with Crippen LogP contribution >= 0.6 is 12.2 Å². The molecule has 92 valence electrons. The van der Waals surface area contributed by atoms with Crippen molar-refractivity contribution in [1.82, 2.24) is 4.98 Å². The van der Waals surface area contributed by atoms with E-state index in [0.717, 1.165) is 5.75 Å². The number of hydrogen-bond donors (Lipinski definition) is 1. The quantitative estimate of drug-likeness (QED) is 0.856. The molecule has 0 radical (unpaired) electrons. The van der Waals surface area contributed by atoms with Crippen LogP contribution in [0.5, 0.6) is 17.2 Å². The third-order valence-electron chi connectivity index (χ3n) is 2.28. The van der Waals surface area contributed by atoms with Crippen LogP contribution in [-0.4, -0.2) is 17.1 Å². The molecule has 1 aromatic carbocycles. The van der Waals surface area contributed by atoms with E-state index in [2.05, 4.69) is 4.98 Å². The minimum atomic E-state index is 0.269. The monoisotopic (exact) mass is 260 g/mol. The first-order valence-corrected chi connectivity index (χ1v) is 5.67. The molecule has 0 atom stereocenters. The van der Waals surface area contributed by atoms with Gasteiger partial charge in [-0.25, -0.2) is 4.98 Å². The van der Waals surface area contributed by atoms with Crippen molar-refractivity contribution in [1.29, 1.82) is 0 Å². The predicted molar refractivity (Wildman–Crippen MR) is 73.2 cm³/mol. The number of aromatic nitrogens is 1. The Balaban J connectivity index is 2.10. The lowest BCUT2D eigenvalue weighted by molar-refractivity contribution is 0.412. The molecule has 0 amide bonds. The molecule has 1 heterocycles. The molecule has 0 aliphatic heterocycles. The summed E-state index contributed by atoms with van der Waals surface area (Å²) in [6, 6.07) is 10.8. The Hall–Kier alpha value is -2.14. The Morgan fingerprint density at radius 3 is 2.17 bits per heavy atom. The van der Waals surface area contributed by atoms with Gasteiger partial charge in [-0.05, 0) is 36.4 Å². The Labute approximate surface area is 110 Å². The fourth-order valence-corrected chi connectivity index (χ4v) is 1.49. The molecule has 0 aliphatic carbocycles. The molecule has 4 nitrogen and oxygen atoms in total. The number of ether oxygens (including phenoxy) is 2. The summed E-state index contributed by atoms with van der Waals surface area (Å²) in [6.45, 7) is 0. The molecule has 0 saturated carbocycles. The molecule has 5 heteroatoms. The van der Waals surface area contributed by atoms with Gasteiger partial charge >= 0.3 is 0 Å². The van der Waals surface area contributed by atoms with Crippen molar-refractivity contribution in [3.8, 4) is 17.2 Å². The Morgan fingerprint density at radius 2 is 1.67 bits per heavy atom. The van der Waals surface area contributed by atoms with Crippen LogP contribution in [0.15, 0.2) is 42.6 Å². The zero-order valence-electron chi connectivity index (χ0n) is 9.79. The third kappa shape index (κ3) is 2.95. The first-order valence-electron chi connectivity index (χ1n) is 5.27. The van der Waals surface area contributed by atoms with Crippen molar-refractivity contribution in [2.45, 2.75) is 0 Å². The van der Waals surface area contributed by atoms with Crippen LogP contribution in [0.3, 0.4) is 0 Å². The second-order valence-corrected chi connectivity index (χ2v) is 3.96. The van der Waals surface area contributed by atoms with Crippen molar-refractivity contribution in [3.05, 3.63) is 48.3 Å². The summed E-state index contributed by atoms with van der Waals surface area (Å²) >= 11 is 4.82. The van der Waals surface area contributed by atoms with E-state index in [0.29, 0.717) is 17.2 Å². The van der Waals surface area contributed by atoms with E-state index in [4.69, 9.17) is 27.4 Å². The van der Waals surface area contributed by atoms with Gasteiger partial charge in [0.15, 0.2) is 0 Å². The highest BCUT2D eigenvalue weighted by atomic mass is 32.1. The van der Waals surface area contributed by atoms with Crippen LogP contribution < -0.4 is 15.2 Å². The van der Waals surface area contributed by atoms with Crippen LogP contribution in [0, 0.1) is 0 Å². The lowest BCUT2D eigenvalue weighted by atomic mass is 10.3. The number of pyridine rings is 1. The second kappa shape index (κ2) is 5.46. The van der Waals surface area contributed by atoms with Gasteiger partial charge in [0.05, 0.1) is 19.0 Å². The van der Waals surface area contributed by atoms with Crippen molar-refractivity contribution in [2.24, 2.45) is 5.73 Å². The molecule has 1 aromatic heterocycles. The maximum Gasteiger partial charge on any atom is 0.145 e. The first-order chi connectivity index (χ1) is 8.69. The van der Waals surface area contributed by atoms with Crippen molar-refractivity contribution < 1.29 is 9.47 Å². The van der Waals surface area contributed by atoms with Crippen molar-refractivity contribution in [3.63, 3.8) is 0 Å². The topological polar surface area (TPSA) is 57.4 Å². The number of nitrogens with zero attached hydrogens (tertiary/aromatic N) is 1. The molecule has 18 heavy (non-hydrogen) atoms. The number of benzene rings is 1. The number of hydrogen-bond acceptors (Lipinski definition) is 4. The smallest absolute Gasteiger partial charge is 0.145 e. The molecule has 2 N–H and O–H groups in total. The Morgan fingerprint density at radius 1 is 1.06 bits per heavy atom. The van der Waals surface area contributed by atoms with Gasteiger partial charge in [-0.3, -0.25) is 0 Å². The predicted octanol–water partition coefficient (Wildman–Crippen LogP) is 2.52. The van der Waals surface area contributed by atoms with Gasteiger partial charge in [-0.2, -0.15) is 0 Å². The van der Waals surface area contributed by atoms with E-state index in [9.17, 15) is 0 Å². The van der Waals surface area contributed by atoms with E-state index in [1.807, 2.05) is 24.3 Å². The molecule has 0 fully saturated rings. The van der Waals surface area contributed by atoms with E-state index in [-0.39, 0.29) is 4.99 Å². The molecule has 0 saturated heterocycles. The fourth-order valence-electron chi connectivity index (χ4n) is 1.37. The maximum absolute atomic E-state index is 5.61. The fraction of sp³-hybridized carbons (Fsp3) is 0.0769. The van der Waals surface area contributed by atoms with Crippen molar-refractivity contribution >= 4 is 17.2 Å². The highest BCUT2D eigenvalue weighted by Crippen LogP contribution is 2.23. The number of methoxy groups -OCH3 is 1.